The van der Waals surface area contributed by atoms with Crippen LogP contribution in [0.25, 0.3) is 0 Å². The molecule has 20 heavy (non-hydrogen) atoms. The maximum Gasteiger partial charge on any atom is 0.0594 e. The van der Waals surface area contributed by atoms with Crippen molar-refractivity contribution >= 4 is 0 Å². The summed E-state index contributed by atoms with van der Waals surface area (Å²) in [4.78, 5) is 2.63. The summed E-state index contributed by atoms with van der Waals surface area (Å²) < 4.78 is 5.99. The summed E-state index contributed by atoms with van der Waals surface area (Å²) in [6.45, 7) is 8.06. The molecule has 1 atom stereocenters. The Kier molecular flexibility index (Phi) is 7.92. The molecule has 118 valence electrons. The van der Waals surface area contributed by atoms with E-state index in [9.17, 15) is 0 Å². The van der Waals surface area contributed by atoms with Gasteiger partial charge in [-0.3, -0.25) is 0 Å². The first kappa shape index (κ1) is 16.3. The van der Waals surface area contributed by atoms with E-state index in [1.54, 1.807) is 0 Å². The van der Waals surface area contributed by atoms with Gasteiger partial charge in [0.05, 0.1) is 12.7 Å². The summed E-state index contributed by atoms with van der Waals surface area (Å²) in [7, 11) is 0. The molecular weight excluding hydrogens is 248 g/mol. The van der Waals surface area contributed by atoms with E-state index in [1.807, 2.05) is 0 Å². The number of nitrogens with zero attached hydrogens (tertiary/aromatic N) is 1. The molecule has 1 aliphatic heterocycles. The van der Waals surface area contributed by atoms with Crippen LogP contribution in [-0.2, 0) is 4.74 Å². The van der Waals surface area contributed by atoms with Crippen LogP contribution in [-0.4, -0.2) is 49.8 Å². The Bertz CT molecular complexity index is 241. The van der Waals surface area contributed by atoms with Crippen LogP contribution in [0.1, 0.15) is 64.7 Å². The van der Waals surface area contributed by atoms with Gasteiger partial charge in [-0.05, 0) is 58.2 Å². The van der Waals surface area contributed by atoms with E-state index < -0.39 is 0 Å². The fourth-order valence-electron chi connectivity index (χ4n) is 3.62. The van der Waals surface area contributed by atoms with Gasteiger partial charge >= 0.3 is 0 Å². The van der Waals surface area contributed by atoms with Gasteiger partial charge in [-0.25, -0.2) is 0 Å². The molecule has 1 saturated carbocycles. The lowest BCUT2D eigenvalue weighted by atomic mass is 9.98. The Morgan fingerprint density at radius 1 is 1.00 bits per heavy atom. The van der Waals surface area contributed by atoms with Crippen molar-refractivity contribution in [2.24, 2.45) is 0 Å². The molecule has 0 spiro atoms. The maximum absolute atomic E-state index is 5.99. The van der Waals surface area contributed by atoms with Crippen molar-refractivity contribution in [1.29, 1.82) is 0 Å². The third-order valence-electron chi connectivity index (χ3n) is 4.80. The second-order valence-electron chi connectivity index (χ2n) is 6.55. The number of ether oxygens (including phenoxy) is 1. The first-order chi connectivity index (χ1) is 9.88. The molecule has 1 unspecified atom stereocenters. The number of rotatable bonds is 7. The minimum atomic E-state index is 0.555. The second-order valence-corrected chi connectivity index (χ2v) is 6.55. The fourth-order valence-corrected chi connectivity index (χ4v) is 3.62. The molecule has 1 N–H and O–H groups in total. The summed E-state index contributed by atoms with van der Waals surface area (Å²) in [5.41, 5.74) is 0. The standard InChI is InChI=1S/C17H34N2O/c1-2-12-19-13-6-7-16(10-14-19)18-11-15-20-17-8-4-3-5-9-17/h16-18H,2-15H2,1H3. The molecule has 1 aliphatic carbocycles. The van der Waals surface area contributed by atoms with E-state index >= 15 is 0 Å². The molecule has 1 heterocycles. The molecule has 2 fully saturated rings. The number of hydrogen-bond acceptors (Lipinski definition) is 3. The highest BCUT2D eigenvalue weighted by Gasteiger charge is 2.16. The molecule has 2 rings (SSSR count). The topological polar surface area (TPSA) is 24.5 Å². The summed E-state index contributed by atoms with van der Waals surface area (Å²) >= 11 is 0. The maximum atomic E-state index is 5.99. The van der Waals surface area contributed by atoms with Crippen molar-refractivity contribution in [3.05, 3.63) is 0 Å². The highest BCUT2D eigenvalue weighted by molar-refractivity contribution is 4.75. The van der Waals surface area contributed by atoms with Crippen LogP contribution < -0.4 is 5.32 Å². The molecule has 1 saturated heterocycles. The Hall–Kier alpha value is -0.120. The van der Waals surface area contributed by atoms with Crippen LogP contribution in [0.3, 0.4) is 0 Å². The van der Waals surface area contributed by atoms with Crippen LogP contribution >= 0.6 is 0 Å². The SMILES string of the molecule is CCCN1CCCC(NCCOC2CCCCC2)CC1. The molecule has 0 bridgehead atoms. The van der Waals surface area contributed by atoms with Gasteiger partial charge in [0.15, 0.2) is 0 Å². The van der Waals surface area contributed by atoms with Crippen LogP contribution in [0, 0.1) is 0 Å². The molecular formula is C17H34N2O. The highest BCUT2D eigenvalue weighted by atomic mass is 16.5. The molecule has 0 radical (unpaired) electrons. The fraction of sp³-hybridized carbons (Fsp3) is 1.00. The van der Waals surface area contributed by atoms with E-state index in [2.05, 4.69) is 17.1 Å². The molecule has 2 aliphatic rings. The zero-order valence-corrected chi connectivity index (χ0v) is 13.4. The van der Waals surface area contributed by atoms with Gasteiger partial charge in [0, 0.05) is 12.6 Å². The van der Waals surface area contributed by atoms with Gasteiger partial charge in [-0.1, -0.05) is 26.2 Å². The quantitative estimate of drug-likeness (QED) is 0.726. The molecule has 3 heteroatoms. The monoisotopic (exact) mass is 282 g/mol. The van der Waals surface area contributed by atoms with Crippen molar-refractivity contribution < 1.29 is 4.74 Å². The zero-order valence-electron chi connectivity index (χ0n) is 13.4. The largest absolute Gasteiger partial charge is 0.377 e. The lowest BCUT2D eigenvalue weighted by Crippen LogP contribution is -2.34. The van der Waals surface area contributed by atoms with E-state index in [4.69, 9.17) is 4.74 Å². The summed E-state index contributed by atoms with van der Waals surface area (Å²) in [5.74, 6) is 0. The molecule has 0 aromatic heterocycles. The van der Waals surface area contributed by atoms with Crippen molar-refractivity contribution in [3.8, 4) is 0 Å². The van der Waals surface area contributed by atoms with Gasteiger partial charge in [-0.15, -0.1) is 0 Å². The minimum absolute atomic E-state index is 0.555. The van der Waals surface area contributed by atoms with Gasteiger partial charge in [0.2, 0.25) is 0 Å². The minimum Gasteiger partial charge on any atom is -0.377 e. The van der Waals surface area contributed by atoms with Crippen molar-refractivity contribution in [2.75, 3.05) is 32.8 Å². The van der Waals surface area contributed by atoms with Gasteiger partial charge in [-0.2, -0.15) is 0 Å². The average Bonchev–Trinajstić information content (AvgIpc) is 2.71. The van der Waals surface area contributed by atoms with E-state index in [1.165, 1.54) is 77.4 Å². The van der Waals surface area contributed by atoms with Crippen LogP contribution in [0.15, 0.2) is 0 Å². The smallest absolute Gasteiger partial charge is 0.0594 e. The number of hydrogen-bond donors (Lipinski definition) is 1. The van der Waals surface area contributed by atoms with E-state index in [0.717, 1.165) is 13.2 Å². The predicted octanol–water partition coefficient (Wildman–Crippen LogP) is 3.19. The van der Waals surface area contributed by atoms with Gasteiger partial charge in [0.1, 0.15) is 0 Å². The Morgan fingerprint density at radius 2 is 1.85 bits per heavy atom. The Balaban J connectivity index is 1.52. The Morgan fingerprint density at radius 3 is 2.65 bits per heavy atom. The highest BCUT2D eigenvalue weighted by Crippen LogP contribution is 2.20. The van der Waals surface area contributed by atoms with Crippen LogP contribution in [0.2, 0.25) is 0 Å². The van der Waals surface area contributed by atoms with E-state index in [0.29, 0.717) is 12.1 Å². The molecule has 0 amide bonds. The van der Waals surface area contributed by atoms with Crippen molar-refractivity contribution in [2.45, 2.75) is 76.9 Å². The predicted molar refractivity (Wildman–Crippen MR) is 85.2 cm³/mol. The van der Waals surface area contributed by atoms with E-state index in [-0.39, 0.29) is 0 Å². The first-order valence-electron chi connectivity index (χ1n) is 8.96. The molecule has 3 nitrogen and oxygen atoms in total. The normalized spacial score (nSPS) is 26.6. The first-order valence-corrected chi connectivity index (χ1v) is 8.96. The van der Waals surface area contributed by atoms with Crippen LogP contribution in [0.4, 0.5) is 0 Å². The Labute approximate surface area is 125 Å². The average molecular weight is 282 g/mol. The van der Waals surface area contributed by atoms with Gasteiger partial charge < -0.3 is 15.0 Å². The lowest BCUT2D eigenvalue weighted by molar-refractivity contribution is 0.0292. The summed E-state index contributed by atoms with van der Waals surface area (Å²) in [6.07, 6.45) is 12.6. The van der Waals surface area contributed by atoms with Gasteiger partial charge in [0.25, 0.3) is 0 Å². The number of likely N-dealkylation sites (tertiary alicyclic amines) is 1. The summed E-state index contributed by atoms with van der Waals surface area (Å²) in [6, 6.07) is 0.715. The van der Waals surface area contributed by atoms with Crippen molar-refractivity contribution in [1.82, 2.24) is 10.2 Å². The molecule has 0 aromatic rings. The third-order valence-corrected chi connectivity index (χ3v) is 4.80. The van der Waals surface area contributed by atoms with Crippen molar-refractivity contribution in [3.63, 3.8) is 0 Å². The lowest BCUT2D eigenvalue weighted by Gasteiger charge is -2.23. The zero-order chi connectivity index (χ0) is 14.0. The molecule has 0 aromatic carbocycles. The third kappa shape index (κ3) is 6.11. The number of nitrogens with one attached hydrogen (secondary N) is 1. The van der Waals surface area contributed by atoms with Crippen LogP contribution in [0.5, 0.6) is 0 Å². The summed E-state index contributed by atoms with van der Waals surface area (Å²) in [5, 5.41) is 3.71. The second kappa shape index (κ2) is 9.75.